The summed E-state index contributed by atoms with van der Waals surface area (Å²) in [5, 5.41) is 4.39. The van der Waals surface area contributed by atoms with Crippen LogP contribution in [-0.4, -0.2) is 38.6 Å². The van der Waals surface area contributed by atoms with Crippen molar-refractivity contribution in [2.75, 3.05) is 13.2 Å². The van der Waals surface area contributed by atoms with Crippen LogP contribution < -0.4 is 4.74 Å². The van der Waals surface area contributed by atoms with Crippen LogP contribution in [0.3, 0.4) is 0 Å². The monoisotopic (exact) mass is 364 g/mol. The largest absolute Gasteiger partial charge is 0.490 e. The van der Waals surface area contributed by atoms with E-state index in [1.807, 2.05) is 51.1 Å². The zero-order valence-electron chi connectivity index (χ0n) is 16.0. The van der Waals surface area contributed by atoms with Crippen molar-refractivity contribution < 1.29 is 9.53 Å². The second kappa shape index (κ2) is 8.03. The standard InChI is InChI=1S/C21H24N4O2/c1-5-10-27-18-9-7-8-17(13-18)14-24(6-2)21(26)19-12-16(4)25-20(22-19)11-15(3)23-25/h5,7-9,11-13H,1,6,10,14H2,2-4H3. The summed E-state index contributed by atoms with van der Waals surface area (Å²) in [5.74, 6) is 0.667. The average Bonchev–Trinajstić information content (AvgIpc) is 3.05. The van der Waals surface area contributed by atoms with Crippen LogP contribution in [0.15, 0.2) is 49.1 Å². The molecule has 1 aromatic carbocycles. The van der Waals surface area contributed by atoms with Crippen LogP contribution in [0.5, 0.6) is 5.75 Å². The Labute approximate surface area is 159 Å². The minimum absolute atomic E-state index is 0.0978. The summed E-state index contributed by atoms with van der Waals surface area (Å²) in [4.78, 5) is 19.3. The van der Waals surface area contributed by atoms with Crippen molar-refractivity contribution in [3.63, 3.8) is 0 Å². The van der Waals surface area contributed by atoms with E-state index in [-0.39, 0.29) is 5.91 Å². The fourth-order valence-corrected chi connectivity index (χ4v) is 2.95. The molecule has 1 amide bonds. The molecule has 0 aliphatic rings. The molecule has 0 spiro atoms. The Hall–Kier alpha value is -3.15. The van der Waals surface area contributed by atoms with Gasteiger partial charge in [-0.3, -0.25) is 4.79 Å². The molecule has 0 fully saturated rings. The number of carbonyl (C=O) groups excluding carboxylic acids is 1. The molecule has 0 bridgehead atoms. The maximum atomic E-state index is 13.0. The summed E-state index contributed by atoms with van der Waals surface area (Å²) in [5.41, 5.74) is 3.88. The highest BCUT2D eigenvalue weighted by Crippen LogP contribution is 2.17. The van der Waals surface area contributed by atoms with Gasteiger partial charge in [0.1, 0.15) is 18.1 Å². The lowest BCUT2D eigenvalue weighted by atomic mass is 10.2. The molecular formula is C21H24N4O2. The van der Waals surface area contributed by atoms with E-state index in [1.54, 1.807) is 21.6 Å². The van der Waals surface area contributed by atoms with Crippen molar-refractivity contribution in [2.24, 2.45) is 0 Å². The Bertz CT molecular complexity index is 977. The zero-order chi connectivity index (χ0) is 19.4. The quantitative estimate of drug-likeness (QED) is 0.601. The summed E-state index contributed by atoms with van der Waals surface area (Å²) >= 11 is 0. The van der Waals surface area contributed by atoms with E-state index in [9.17, 15) is 4.79 Å². The Morgan fingerprint density at radius 1 is 1.30 bits per heavy atom. The number of hydrogen-bond donors (Lipinski definition) is 0. The third kappa shape index (κ3) is 4.16. The summed E-state index contributed by atoms with van der Waals surface area (Å²) in [7, 11) is 0. The smallest absolute Gasteiger partial charge is 0.272 e. The number of ether oxygens (including phenoxy) is 1. The third-order valence-corrected chi connectivity index (χ3v) is 4.26. The van der Waals surface area contributed by atoms with Gasteiger partial charge < -0.3 is 9.64 Å². The van der Waals surface area contributed by atoms with Gasteiger partial charge in [-0.25, -0.2) is 9.50 Å². The van der Waals surface area contributed by atoms with Gasteiger partial charge in [0.05, 0.1) is 5.69 Å². The molecule has 0 aliphatic carbocycles. The highest BCUT2D eigenvalue weighted by Gasteiger charge is 2.18. The first-order chi connectivity index (χ1) is 13.0. The maximum Gasteiger partial charge on any atom is 0.272 e. The molecule has 0 aliphatic heterocycles. The van der Waals surface area contributed by atoms with Crippen LogP contribution in [0.25, 0.3) is 5.65 Å². The van der Waals surface area contributed by atoms with Crippen LogP contribution in [0.1, 0.15) is 34.4 Å². The minimum atomic E-state index is -0.0978. The SMILES string of the molecule is C=CCOc1cccc(CN(CC)C(=O)c2cc(C)n3nc(C)cc3n2)c1. The molecule has 0 atom stereocenters. The van der Waals surface area contributed by atoms with Crippen LogP contribution in [-0.2, 0) is 6.54 Å². The van der Waals surface area contributed by atoms with E-state index in [1.165, 1.54) is 0 Å². The number of aryl methyl sites for hydroxylation is 2. The van der Waals surface area contributed by atoms with E-state index in [0.717, 1.165) is 22.7 Å². The van der Waals surface area contributed by atoms with Gasteiger partial charge in [-0.1, -0.05) is 24.8 Å². The average molecular weight is 364 g/mol. The normalized spacial score (nSPS) is 10.8. The third-order valence-electron chi connectivity index (χ3n) is 4.26. The number of rotatable bonds is 7. The maximum absolute atomic E-state index is 13.0. The molecule has 2 heterocycles. The minimum Gasteiger partial charge on any atom is -0.490 e. The number of hydrogen-bond acceptors (Lipinski definition) is 4. The Morgan fingerprint density at radius 2 is 2.11 bits per heavy atom. The van der Waals surface area contributed by atoms with Crippen molar-refractivity contribution >= 4 is 11.6 Å². The predicted octanol–water partition coefficient (Wildman–Crippen LogP) is 3.57. The van der Waals surface area contributed by atoms with Crippen molar-refractivity contribution in [1.82, 2.24) is 19.5 Å². The second-order valence-electron chi connectivity index (χ2n) is 6.40. The number of aromatic nitrogens is 3. The van der Waals surface area contributed by atoms with Gasteiger partial charge in [-0.2, -0.15) is 5.10 Å². The number of fused-ring (bicyclic) bond motifs is 1. The lowest BCUT2D eigenvalue weighted by Gasteiger charge is -2.21. The van der Waals surface area contributed by atoms with Crippen molar-refractivity contribution in [3.05, 3.63) is 71.7 Å². The number of benzene rings is 1. The van der Waals surface area contributed by atoms with Gasteiger partial charge in [0.15, 0.2) is 5.65 Å². The first kappa shape index (κ1) is 18.6. The van der Waals surface area contributed by atoms with Gasteiger partial charge in [0.2, 0.25) is 0 Å². The molecular weight excluding hydrogens is 340 g/mol. The van der Waals surface area contributed by atoms with Crippen molar-refractivity contribution in [1.29, 1.82) is 0 Å². The van der Waals surface area contributed by atoms with Crippen LogP contribution in [0.2, 0.25) is 0 Å². The molecule has 3 aromatic rings. The molecule has 6 nitrogen and oxygen atoms in total. The van der Waals surface area contributed by atoms with E-state index in [0.29, 0.717) is 31.0 Å². The second-order valence-corrected chi connectivity index (χ2v) is 6.40. The molecule has 2 aromatic heterocycles. The molecule has 27 heavy (non-hydrogen) atoms. The predicted molar refractivity (Wildman–Crippen MR) is 105 cm³/mol. The molecule has 0 saturated carbocycles. The zero-order valence-corrected chi connectivity index (χ0v) is 16.0. The summed E-state index contributed by atoms with van der Waals surface area (Å²) in [6.07, 6.45) is 1.71. The summed E-state index contributed by atoms with van der Waals surface area (Å²) in [6.45, 7) is 11.0. The lowest BCUT2D eigenvalue weighted by Crippen LogP contribution is -2.31. The molecule has 0 saturated heterocycles. The summed E-state index contributed by atoms with van der Waals surface area (Å²) < 4.78 is 7.33. The number of nitrogens with zero attached hydrogens (tertiary/aromatic N) is 4. The van der Waals surface area contributed by atoms with Gasteiger partial charge in [-0.05, 0) is 44.5 Å². The number of carbonyl (C=O) groups is 1. The van der Waals surface area contributed by atoms with Crippen molar-refractivity contribution in [2.45, 2.75) is 27.3 Å². The molecule has 0 unspecified atom stereocenters. The topological polar surface area (TPSA) is 59.7 Å². The molecule has 3 rings (SSSR count). The van der Waals surface area contributed by atoms with Crippen LogP contribution in [0.4, 0.5) is 0 Å². The fourth-order valence-electron chi connectivity index (χ4n) is 2.95. The lowest BCUT2D eigenvalue weighted by molar-refractivity contribution is 0.0746. The van der Waals surface area contributed by atoms with Crippen LogP contribution in [0, 0.1) is 13.8 Å². The Morgan fingerprint density at radius 3 is 2.85 bits per heavy atom. The summed E-state index contributed by atoms with van der Waals surface area (Å²) in [6, 6.07) is 11.4. The van der Waals surface area contributed by atoms with E-state index in [4.69, 9.17) is 4.74 Å². The van der Waals surface area contributed by atoms with Gasteiger partial charge in [0.25, 0.3) is 5.91 Å². The van der Waals surface area contributed by atoms with Gasteiger partial charge in [0, 0.05) is 24.8 Å². The Kier molecular flexibility index (Phi) is 5.54. The Balaban J connectivity index is 1.83. The van der Waals surface area contributed by atoms with Gasteiger partial charge >= 0.3 is 0 Å². The fraction of sp³-hybridized carbons (Fsp3) is 0.286. The van der Waals surface area contributed by atoms with E-state index in [2.05, 4.69) is 16.7 Å². The van der Waals surface area contributed by atoms with Crippen LogP contribution >= 0.6 is 0 Å². The molecule has 140 valence electrons. The van der Waals surface area contributed by atoms with E-state index >= 15 is 0 Å². The highest BCUT2D eigenvalue weighted by molar-refractivity contribution is 5.92. The first-order valence-electron chi connectivity index (χ1n) is 8.97. The van der Waals surface area contributed by atoms with E-state index < -0.39 is 0 Å². The van der Waals surface area contributed by atoms with Crippen molar-refractivity contribution in [3.8, 4) is 5.75 Å². The number of amides is 1. The molecule has 0 radical (unpaired) electrons. The van der Waals surface area contributed by atoms with Gasteiger partial charge in [-0.15, -0.1) is 0 Å². The molecule has 6 heteroatoms. The first-order valence-corrected chi connectivity index (χ1v) is 8.97. The highest BCUT2D eigenvalue weighted by atomic mass is 16.5. The molecule has 0 N–H and O–H groups in total.